The summed E-state index contributed by atoms with van der Waals surface area (Å²) in [4.78, 5) is 10.8. The minimum Gasteiger partial charge on any atom is -0.478 e. The van der Waals surface area contributed by atoms with Crippen LogP contribution in [0.3, 0.4) is 0 Å². The fourth-order valence-electron chi connectivity index (χ4n) is 2.89. The Morgan fingerprint density at radius 1 is 1.36 bits per heavy atom. The van der Waals surface area contributed by atoms with Gasteiger partial charge in [0.2, 0.25) is 0 Å². The molecule has 0 heterocycles. The highest BCUT2D eigenvalue weighted by atomic mass is 16.5. The van der Waals surface area contributed by atoms with Crippen LogP contribution in [-0.2, 0) is 11.3 Å². The van der Waals surface area contributed by atoms with Crippen molar-refractivity contribution in [1.82, 2.24) is 5.32 Å². The van der Waals surface area contributed by atoms with E-state index < -0.39 is 5.97 Å². The molecule has 0 saturated heterocycles. The van der Waals surface area contributed by atoms with Gasteiger partial charge in [0, 0.05) is 24.6 Å². The second kappa shape index (κ2) is 7.25. The fraction of sp³-hybridized carbons (Fsp3) is 0.611. The van der Waals surface area contributed by atoms with E-state index in [9.17, 15) is 4.79 Å². The molecule has 2 N–H and O–H groups in total. The summed E-state index contributed by atoms with van der Waals surface area (Å²) in [5.74, 6) is -0.883. The Morgan fingerprint density at radius 3 is 2.59 bits per heavy atom. The van der Waals surface area contributed by atoms with Crippen LogP contribution in [0.25, 0.3) is 0 Å². The molecule has 0 spiro atoms. The molecular weight excluding hydrogens is 278 g/mol. The maximum absolute atomic E-state index is 10.8. The normalized spacial score (nSPS) is 23.0. The summed E-state index contributed by atoms with van der Waals surface area (Å²) in [6.07, 6.45) is 3.68. The van der Waals surface area contributed by atoms with Gasteiger partial charge in [-0.05, 0) is 30.5 Å². The summed E-state index contributed by atoms with van der Waals surface area (Å²) >= 11 is 0. The average Bonchev–Trinajstić information content (AvgIpc) is 2.49. The van der Waals surface area contributed by atoms with E-state index in [0.29, 0.717) is 17.7 Å². The molecule has 1 saturated carbocycles. The first-order valence-electron chi connectivity index (χ1n) is 8.12. The van der Waals surface area contributed by atoms with E-state index in [1.54, 1.807) is 12.1 Å². The molecule has 0 amide bonds. The summed E-state index contributed by atoms with van der Waals surface area (Å²) in [5.41, 5.74) is 1.59. The molecule has 2 unspecified atom stereocenters. The quantitative estimate of drug-likeness (QED) is 0.722. The van der Waals surface area contributed by atoms with Gasteiger partial charge in [-0.1, -0.05) is 39.3 Å². The van der Waals surface area contributed by atoms with E-state index in [1.165, 1.54) is 6.42 Å². The van der Waals surface area contributed by atoms with Crippen LogP contribution < -0.4 is 5.32 Å². The first-order valence-corrected chi connectivity index (χ1v) is 8.12. The van der Waals surface area contributed by atoms with Crippen LogP contribution in [-0.4, -0.2) is 29.8 Å². The molecule has 0 aromatic heterocycles. The third-order valence-corrected chi connectivity index (χ3v) is 4.75. The van der Waals surface area contributed by atoms with E-state index in [4.69, 9.17) is 9.84 Å². The number of hydrogen-bond donors (Lipinski definition) is 2. The summed E-state index contributed by atoms with van der Waals surface area (Å²) < 4.78 is 5.95. The zero-order valence-electron chi connectivity index (χ0n) is 13.8. The minimum absolute atomic E-state index is 0.148. The molecule has 4 heteroatoms. The van der Waals surface area contributed by atoms with Crippen molar-refractivity contribution in [2.45, 2.75) is 58.7 Å². The van der Waals surface area contributed by atoms with Crippen molar-refractivity contribution in [2.24, 2.45) is 5.41 Å². The van der Waals surface area contributed by atoms with Crippen molar-refractivity contribution >= 4 is 5.97 Å². The molecule has 0 aliphatic heterocycles. The van der Waals surface area contributed by atoms with Crippen molar-refractivity contribution in [3.8, 4) is 0 Å². The van der Waals surface area contributed by atoms with Crippen LogP contribution in [0.15, 0.2) is 24.3 Å². The Kier molecular flexibility index (Phi) is 5.59. The predicted octanol–water partition coefficient (Wildman–Crippen LogP) is 3.46. The lowest BCUT2D eigenvalue weighted by molar-refractivity contribution is -0.118. The van der Waals surface area contributed by atoms with Gasteiger partial charge in [0.25, 0.3) is 0 Å². The number of carboxylic acids is 1. The van der Waals surface area contributed by atoms with Gasteiger partial charge in [-0.25, -0.2) is 4.79 Å². The first-order chi connectivity index (χ1) is 10.4. The Labute approximate surface area is 132 Å². The van der Waals surface area contributed by atoms with Crippen LogP contribution >= 0.6 is 0 Å². The zero-order valence-corrected chi connectivity index (χ0v) is 13.8. The largest absolute Gasteiger partial charge is 0.478 e. The number of aromatic carboxylic acids is 1. The average molecular weight is 305 g/mol. The molecule has 2 atom stereocenters. The van der Waals surface area contributed by atoms with Crippen molar-refractivity contribution in [1.29, 1.82) is 0 Å². The SMILES string of the molecule is CCCCOC1CC(NCc2ccc(C(=O)O)cc2)C1(C)C. The summed E-state index contributed by atoms with van der Waals surface area (Å²) in [6.45, 7) is 8.29. The van der Waals surface area contributed by atoms with E-state index in [2.05, 4.69) is 26.1 Å². The van der Waals surface area contributed by atoms with Crippen molar-refractivity contribution in [2.75, 3.05) is 6.61 Å². The number of carboxylic acid groups (broad SMARTS) is 1. The highest BCUT2D eigenvalue weighted by Gasteiger charge is 2.48. The second-order valence-electron chi connectivity index (χ2n) is 6.71. The first kappa shape index (κ1) is 17.0. The molecular formula is C18H27NO3. The van der Waals surface area contributed by atoms with Crippen molar-refractivity contribution < 1.29 is 14.6 Å². The van der Waals surface area contributed by atoms with Crippen molar-refractivity contribution in [3.05, 3.63) is 35.4 Å². The van der Waals surface area contributed by atoms with Gasteiger partial charge in [-0.15, -0.1) is 0 Å². The fourth-order valence-corrected chi connectivity index (χ4v) is 2.89. The molecule has 0 bridgehead atoms. The summed E-state index contributed by atoms with van der Waals surface area (Å²) in [7, 11) is 0. The lowest BCUT2D eigenvalue weighted by Gasteiger charge is -2.52. The Balaban J connectivity index is 1.79. The smallest absolute Gasteiger partial charge is 0.335 e. The molecule has 2 rings (SSSR count). The lowest BCUT2D eigenvalue weighted by atomic mass is 9.64. The second-order valence-corrected chi connectivity index (χ2v) is 6.71. The third-order valence-electron chi connectivity index (χ3n) is 4.75. The number of rotatable bonds is 8. The maximum atomic E-state index is 10.8. The van der Waals surface area contributed by atoms with E-state index in [-0.39, 0.29) is 5.41 Å². The van der Waals surface area contributed by atoms with Gasteiger partial charge in [0.15, 0.2) is 0 Å². The maximum Gasteiger partial charge on any atom is 0.335 e. The number of nitrogens with one attached hydrogen (secondary N) is 1. The molecule has 122 valence electrons. The Bertz CT molecular complexity index is 496. The van der Waals surface area contributed by atoms with E-state index in [1.807, 2.05) is 12.1 Å². The van der Waals surface area contributed by atoms with E-state index in [0.717, 1.165) is 31.6 Å². The number of unbranched alkanes of at least 4 members (excludes halogenated alkanes) is 1. The molecule has 1 aliphatic carbocycles. The summed E-state index contributed by atoms with van der Waals surface area (Å²) in [5, 5.41) is 12.5. The standard InChI is InChI=1S/C18H27NO3/c1-4-5-10-22-16-11-15(18(16,2)3)19-12-13-6-8-14(9-7-13)17(20)21/h6-9,15-16,19H,4-5,10-12H2,1-3H3,(H,20,21). The third kappa shape index (κ3) is 3.87. The van der Waals surface area contributed by atoms with Gasteiger partial charge in [-0.3, -0.25) is 0 Å². The van der Waals surface area contributed by atoms with Gasteiger partial charge >= 0.3 is 5.97 Å². The van der Waals surface area contributed by atoms with Crippen LogP contribution in [0, 0.1) is 5.41 Å². The molecule has 1 fully saturated rings. The van der Waals surface area contributed by atoms with E-state index >= 15 is 0 Å². The summed E-state index contributed by atoms with van der Waals surface area (Å²) in [6, 6.07) is 7.50. The van der Waals surface area contributed by atoms with Crippen LogP contribution in [0.5, 0.6) is 0 Å². The molecule has 1 aromatic carbocycles. The highest BCUT2D eigenvalue weighted by molar-refractivity contribution is 5.87. The van der Waals surface area contributed by atoms with Gasteiger partial charge in [0.05, 0.1) is 11.7 Å². The lowest BCUT2D eigenvalue weighted by Crippen LogP contribution is -2.60. The van der Waals surface area contributed by atoms with Gasteiger partial charge < -0.3 is 15.2 Å². The van der Waals surface area contributed by atoms with Crippen LogP contribution in [0.4, 0.5) is 0 Å². The Morgan fingerprint density at radius 2 is 2.05 bits per heavy atom. The number of hydrogen-bond acceptors (Lipinski definition) is 3. The molecule has 1 aromatic rings. The monoisotopic (exact) mass is 305 g/mol. The topological polar surface area (TPSA) is 58.6 Å². The van der Waals surface area contributed by atoms with Crippen molar-refractivity contribution in [3.63, 3.8) is 0 Å². The minimum atomic E-state index is -0.883. The number of benzene rings is 1. The molecule has 0 radical (unpaired) electrons. The van der Waals surface area contributed by atoms with Gasteiger partial charge in [-0.2, -0.15) is 0 Å². The number of carbonyl (C=O) groups is 1. The molecule has 1 aliphatic rings. The molecule has 4 nitrogen and oxygen atoms in total. The van der Waals surface area contributed by atoms with Gasteiger partial charge in [0.1, 0.15) is 0 Å². The predicted molar refractivity (Wildman–Crippen MR) is 87.1 cm³/mol. The zero-order chi connectivity index (χ0) is 16.2. The van der Waals surface area contributed by atoms with Crippen LogP contribution in [0.1, 0.15) is 56.0 Å². The number of ether oxygens (including phenoxy) is 1. The van der Waals surface area contributed by atoms with Crippen LogP contribution in [0.2, 0.25) is 0 Å². The molecule has 22 heavy (non-hydrogen) atoms. The highest BCUT2D eigenvalue weighted by Crippen LogP contribution is 2.42. The Hall–Kier alpha value is -1.39.